The fourth-order valence-corrected chi connectivity index (χ4v) is 4.82. The first-order chi connectivity index (χ1) is 13.5. The number of hydrogen-bond acceptors (Lipinski definition) is 2. The molecular formula is C24H29BrN2O. The summed E-state index contributed by atoms with van der Waals surface area (Å²) in [5, 5.41) is 3.47. The van der Waals surface area contributed by atoms with Crippen molar-refractivity contribution in [3.8, 4) is 0 Å². The van der Waals surface area contributed by atoms with Crippen LogP contribution < -0.4 is 5.32 Å². The number of piperidine rings is 1. The van der Waals surface area contributed by atoms with Gasteiger partial charge in [-0.1, -0.05) is 46.3 Å². The summed E-state index contributed by atoms with van der Waals surface area (Å²) in [6.07, 6.45) is 3.28. The predicted molar refractivity (Wildman–Crippen MR) is 117 cm³/mol. The first kappa shape index (κ1) is 19.7. The van der Waals surface area contributed by atoms with Gasteiger partial charge < -0.3 is 10.2 Å². The standard InChI is InChI=1S/C24H29BrN2O/c1-16-5-3-7-19(17(16)2)15-27(21-9-10-21)24(28)23-14-26-12-11-22(23)18-6-4-8-20(25)13-18/h3-8,13,21-23,26H,9-12,14-15H2,1-2H3/t22-,23+/m1/s1. The number of benzene rings is 2. The molecule has 2 aromatic rings. The molecule has 0 radical (unpaired) electrons. The summed E-state index contributed by atoms with van der Waals surface area (Å²) < 4.78 is 1.09. The molecule has 0 spiro atoms. The van der Waals surface area contributed by atoms with Gasteiger partial charge in [0.2, 0.25) is 5.91 Å². The first-order valence-corrected chi connectivity index (χ1v) is 11.2. The van der Waals surface area contributed by atoms with E-state index in [0.29, 0.717) is 11.9 Å². The maximum atomic E-state index is 13.7. The molecule has 0 aromatic heterocycles. The molecule has 1 heterocycles. The van der Waals surface area contributed by atoms with E-state index in [1.54, 1.807) is 0 Å². The lowest BCUT2D eigenvalue weighted by atomic mass is 9.80. The normalized spacial score (nSPS) is 22.1. The van der Waals surface area contributed by atoms with Crippen molar-refractivity contribution in [1.29, 1.82) is 0 Å². The van der Waals surface area contributed by atoms with Crippen molar-refractivity contribution in [1.82, 2.24) is 10.2 Å². The number of halogens is 1. The molecule has 2 atom stereocenters. The van der Waals surface area contributed by atoms with E-state index >= 15 is 0 Å². The van der Waals surface area contributed by atoms with Crippen LogP contribution in [-0.4, -0.2) is 29.9 Å². The van der Waals surface area contributed by atoms with Crippen LogP contribution in [0.25, 0.3) is 0 Å². The lowest BCUT2D eigenvalue weighted by Gasteiger charge is -2.36. The van der Waals surface area contributed by atoms with Crippen molar-refractivity contribution >= 4 is 21.8 Å². The van der Waals surface area contributed by atoms with Gasteiger partial charge in [-0.05, 0) is 80.0 Å². The van der Waals surface area contributed by atoms with Gasteiger partial charge in [0.25, 0.3) is 0 Å². The van der Waals surface area contributed by atoms with Crippen LogP contribution in [0.15, 0.2) is 46.9 Å². The number of carbonyl (C=O) groups excluding carboxylic acids is 1. The zero-order chi connectivity index (χ0) is 19.7. The van der Waals surface area contributed by atoms with E-state index in [4.69, 9.17) is 0 Å². The topological polar surface area (TPSA) is 32.3 Å². The van der Waals surface area contributed by atoms with Crippen molar-refractivity contribution in [2.24, 2.45) is 5.92 Å². The van der Waals surface area contributed by atoms with E-state index in [2.05, 4.69) is 82.5 Å². The van der Waals surface area contributed by atoms with Gasteiger partial charge in [0.1, 0.15) is 0 Å². The molecule has 2 aromatic carbocycles. The average Bonchev–Trinajstić information content (AvgIpc) is 3.54. The summed E-state index contributed by atoms with van der Waals surface area (Å²) in [6.45, 7) is 6.80. The molecule has 1 saturated carbocycles. The largest absolute Gasteiger partial charge is 0.335 e. The smallest absolute Gasteiger partial charge is 0.228 e. The second-order valence-electron chi connectivity index (χ2n) is 8.32. The Hall–Kier alpha value is -1.65. The molecule has 2 fully saturated rings. The van der Waals surface area contributed by atoms with Gasteiger partial charge in [0, 0.05) is 23.6 Å². The number of amides is 1. The molecule has 1 N–H and O–H groups in total. The number of aryl methyl sites for hydroxylation is 1. The second kappa shape index (κ2) is 8.38. The van der Waals surface area contributed by atoms with Crippen LogP contribution in [0.3, 0.4) is 0 Å². The highest BCUT2D eigenvalue weighted by Gasteiger charge is 2.40. The Labute approximate surface area is 176 Å². The highest BCUT2D eigenvalue weighted by molar-refractivity contribution is 9.10. The molecule has 4 rings (SSSR count). The van der Waals surface area contributed by atoms with Crippen molar-refractivity contribution in [2.75, 3.05) is 13.1 Å². The highest BCUT2D eigenvalue weighted by Crippen LogP contribution is 2.37. The van der Waals surface area contributed by atoms with Gasteiger partial charge in [-0.25, -0.2) is 0 Å². The van der Waals surface area contributed by atoms with Gasteiger partial charge in [0.15, 0.2) is 0 Å². The van der Waals surface area contributed by atoms with E-state index < -0.39 is 0 Å². The van der Waals surface area contributed by atoms with Crippen LogP contribution in [0.5, 0.6) is 0 Å². The van der Waals surface area contributed by atoms with Gasteiger partial charge >= 0.3 is 0 Å². The molecule has 148 valence electrons. The molecular weight excluding hydrogens is 412 g/mol. The van der Waals surface area contributed by atoms with E-state index in [1.807, 2.05) is 0 Å². The molecule has 2 aliphatic rings. The van der Waals surface area contributed by atoms with E-state index in [9.17, 15) is 4.79 Å². The summed E-state index contributed by atoms with van der Waals surface area (Å²) in [4.78, 5) is 15.9. The fourth-order valence-electron chi connectivity index (χ4n) is 4.41. The van der Waals surface area contributed by atoms with Crippen molar-refractivity contribution in [2.45, 2.75) is 51.6 Å². The van der Waals surface area contributed by atoms with Gasteiger partial charge in [-0.2, -0.15) is 0 Å². The van der Waals surface area contributed by atoms with Crippen molar-refractivity contribution in [3.05, 3.63) is 69.2 Å². The molecule has 1 saturated heterocycles. The van der Waals surface area contributed by atoms with E-state index in [1.165, 1.54) is 22.3 Å². The third-order valence-electron chi connectivity index (χ3n) is 6.40. The lowest BCUT2D eigenvalue weighted by Crippen LogP contribution is -2.47. The number of nitrogens with one attached hydrogen (secondary N) is 1. The number of nitrogens with zero attached hydrogens (tertiary/aromatic N) is 1. The van der Waals surface area contributed by atoms with Crippen LogP contribution in [0.2, 0.25) is 0 Å². The van der Waals surface area contributed by atoms with Gasteiger partial charge in [-0.15, -0.1) is 0 Å². The Kier molecular flexibility index (Phi) is 5.88. The minimum atomic E-state index is 0.00812. The molecule has 28 heavy (non-hydrogen) atoms. The van der Waals surface area contributed by atoms with Crippen molar-refractivity contribution in [3.63, 3.8) is 0 Å². The summed E-state index contributed by atoms with van der Waals surface area (Å²) in [5.41, 5.74) is 5.16. The minimum absolute atomic E-state index is 0.00812. The van der Waals surface area contributed by atoms with E-state index in [0.717, 1.165) is 43.4 Å². The Morgan fingerprint density at radius 3 is 2.68 bits per heavy atom. The van der Waals surface area contributed by atoms with Gasteiger partial charge in [0.05, 0.1) is 5.92 Å². The van der Waals surface area contributed by atoms with Crippen LogP contribution in [-0.2, 0) is 11.3 Å². The Bertz CT molecular complexity index is 861. The SMILES string of the molecule is Cc1cccc(CN(C(=O)[C@H]2CNCC[C@@H]2c2cccc(Br)c2)C2CC2)c1C. The fraction of sp³-hybridized carbons (Fsp3) is 0.458. The lowest BCUT2D eigenvalue weighted by molar-refractivity contribution is -0.138. The zero-order valence-corrected chi connectivity index (χ0v) is 18.3. The predicted octanol–water partition coefficient (Wildman–Crippen LogP) is 4.95. The average molecular weight is 441 g/mol. The van der Waals surface area contributed by atoms with Crippen LogP contribution in [0.1, 0.15) is 47.4 Å². The quantitative estimate of drug-likeness (QED) is 0.712. The second-order valence-corrected chi connectivity index (χ2v) is 9.23. The summed E-state index contributed by atoms with van der Waals surface area (Å²) in [6, 6.07) is 15.3. The number of carbonyl (C=O) groups is 1. The van der Waals surface area contributed by atoms with Crippen LogP contribution in [0, 0.1) is 19.8 Å². The molecule has 3 nitrogen and oxygen atoms in total. The molecule has 0 bridgehead atoms. The van der Waals surface area contributed by atoms with Crippen LogP contribution >= 0.6 is 15.9 Å². The Morgan fingerprint density at radius 1 is 1.14 bits per heavy atom. The van der Waals surface area contributed by atoms with E-state index in [-0.39, 0.29) is 11.8 Å². The third kappa shape index (κ3) is 4.18. The summed E-state index contributed by atoms with van der Waals surface area (Å²) >= 11 is 3.60. The van der Waals surface area contributed by atoms with Crippen molar-refractivity contribution < 1.29 is 4.79 Å². The summed E-state index contributed by atoms with van der Waals surface area (Å²) in [5.74, 6) is 0.612. The summed E-state index contributed by atoms with van der Waals surface area (Å²) in [7, 11) is 0. The molecule has 0 unspecified atom stereocenters. The molecule has 1 aliphatic carbocycles. The molecule has 1 aliphatic heterocycles. The minimum Gasteiger partial charge on any atom is -0.335 e. The maximum absolute atomic E-state index is 13.7. The highest BCUT2D eigenvalue weighted by atomic mass is 79.9. The van der Waals surface area contributed by atoms with Gasteiger partial charge in [-0.3, -0.25) is 4.79 Å². The number of rotatable bonds is 5. The molecule has 4 heteroatoms. The monoisotopic (exact) mass is 440 g/mol. The third-order valence-corrected chi connectivity index (χ3v) is 6.90. The zero-order valence-electron chi connectivity index (χ0n) is 16.7. The maximum Gasteiger partial charge on any atom is 0.228 e. The first-order valence-electron chi connectivity index (χ1n) is 10.4. The Morgan fingerprint density at radius 2 is 1.93 bits per heavy atom. The number of hydrogen-bond donors (Lipinski definition) is 1. The van der Waals surface area contributed by atoms with Crippen LogP contribution in [0.4, 0.5) is 0 Å². The molecule has 1 amide bonds. The Balaban J connectivity index is 1.59.